The topological polar surface area (TPSA) is 106 Å². The van der Waals surface area contributed by atoms with Crippen LogP contribution >= 0.6 is 11.6 Å². The van der Waals surface area contributed by atoms with Crippen LogP contribution in [0.3, 0.4) is 0 Å². The fourth-order valence-electron chi connectivity index (χ4n) is 4.60. The maximum Gasteiger partial charge on any atom is 0.181 e. The molecule has 11 heteroatoms. The molecule has 0 unspecified atom stereocenters. The highest BCUT2D eigenvalue weighted by atomic mass is 35.5. The zero-order valence-electron chi connectivity index (χ0n) is 22.0. The van der Waals surface area contributed by atoms with Crippen molar-refractivity contribution in [3.63, 3.8) is 0 Å². The van der Waals surface area contributed by atoms with E-state index in [1.807, 2.05) is 37.3 Å². The number of anilines is 1. The molecule has 2 aromatic heterocycles. The van der Waals surface area contributed by atoms with Crippen molar-refractivity contribution in [2.75, 3.05) is 58.5 Å². The summed E-state index contributed by atoms with van der Waals surface area (Å²) in [7, 11) is 1.73. The summed E-state index contributed by atoms with van der Waals surface area (Å²) in [6, 6.07) is 7.89. The van der Waals surface area contributed by atoms with Crippen LogP contribution in [0.15, 0.2) is 46.1 Å². The third-order valence-electron chi connectivity index (χ3n) is 6.90. The molecule has 0 spiro atoms. The molecule has 0 radical (unpaired) electrons. The molecular weight excluding hydrogens is 504 g/mol. The Kier molecular flexibility index (Phi) is 8.31. The summed E-state index contributed by atoms with van der Waals surface area (Å²) in [6.45, 7) is 11.0. The Morgan fingerprint density at radius 1 is 1.26 bits per heavy atom. The first-order chi connectivity index (χ1) is 18.5. The molecule has 2 fully saturated rings. The standard InChI is InChI=1S/C27H35ClN8O2/c1-18-14-20-21(31-18)6-7-23(27(20)28)38-17-30-26(36-10-8-35(9-11-36)12-13-37-3)16-24(29-2)32-25-15-22(33-34-25)19-4-5-19/h6-7,14-16,19,31H,2,4-5,8-13,17H2,1,3H3,(H2,32,33,34)/b24-16+,30-26+. The molecule has 1 saturated heterocycles. The predicted molar refractivity (Wildman–Crippen MR) is 153 cm³/mol. The van der Waals surface area contributed by atoms with Gasteiger partial charge in [-0.3, -0.25) is 10.00 Å². The minimum absolute atomic E-state index is 0.114. The fourth-order valence-corrected chi connectivity index (χ4v) is 4.88. The number of aromatic amines is 2. The molecule has 1 aromatic carbocycles. The van der Waals surface area contributed by atoms with Gasteiger partial charge in [-0.15, -0.1) is 0 Å². The minimum atomic E-state index is 0.114. The van der Waals surface area contributed by atoms with Crippen molar-refractivity contribution in [3.8, 4) is 5.75 Å². The number of aryl methyl sites for hydroxylation is 1. The highest BCUT2D eigenvalue weighted by Crippen LogP contribution is 2.39. The van der Waals surface area contributed by atoms with Crippen LogP contribution in [0.1, 0.15) is 30.1 Å². The highest BCUT2D eigenvalue weighted by molar-refractivity contribution is 6.37. The maximum atomic E-state index is 6.63. The molecule has 38 heavy (non-hydrogen) atoms. The van der Waals surface area contributed by atoms with E-state index in [0.29, 0.717) is 28.3 Å². The lowest BCUT2D eigenvalue weighted by atomic mass is 10.2. The van der Waals surface area contributed by atoms with Crippen molar-refractivity contribution in [1.29, 1.82) is 0 Å². The van der Waals surface area contributed by atoms with Gasteiger partial charge in [-0.1, -0.05) is 11.6 Å². The lowest BCUT2D eigenvalue weighted by Crippen LogP contribution is -2.49. The Balaban J connectivity index is 1.32. The number of hydrogen-bond acceptors (Lipinski definition) is 7. The maximum absolute atomic E-state index is 6.63. The number of methoxy groups -OCH3 is 1. The number of fused-ring (bicyclic) bond motifs is 1. The number of nitrogens with zero attached hydrogens (tertiary/aromatic N) is 5. The van der Waals surface area contributed by atoms with Gasteiger partial charge in [0.25, 0.3) is 0 Å². The van der Waals surface area contributed by atoms with Crippen molar-refractivity contribution in [2.24, 2.45) is 9.98 Å². The minimum Gasteiger partial charge on any atom is -0.470 e. The number of rotatable bonds is 11. The Labute approximate surface area is 227 Å². The number of hydrogen-bond donors (Lipinski definition) is 3. The van der Waals surface area contributed by atoms with E-state index < -0.39 is 0 Å². The van der Waals surface area contributed by atoms with Crippen molar-refractivity contribution < 1.29 is 9.47 Å². The lowest BCUT2D eigenvalue weighted by molar-refractivity contribution is 0.120. The van der Waals surface area contributed by atoms with Crippen molar-refractivity contribution in [2.45, 2.75) is 25.7 Å². The summed E-state index contributed by atoms with van der Waals surface area (Å²) >= 11 is 6.63. The van der Waals surface area contributed by atoms with E-state index in [1.165, 1.54) is 12.8 Å². The summed E-state index contributed by atoms with van der Waals surface area (Å²) in [5, 5.41) is 12.3. The lowest BCUT2D eigenvalue weighted by Gasteiger charge is -2.35. The van der Waals surface area contributed by atoms with Crippen molar-refractivity contribution in [1.82, 2.24) is 25.0 Å². The predicted octanol–water partition coefficient (Wildman–Crippen LogP) is 4.38. The number of benzene rings is 1. The Hall–Kier alpha value is -3.34. The van der Waals surface area contributed by atoms with Crippen molar-refractivity contribution in [3.05, 3.63) is 52.6 Å². The molecule has 5 rings (SSSR count). The third kappa shape index (κ3) is 6.38. The molecule has 2 aliphatic rings. The summed E-state index contributed by atoms with van der Waals surface area (Å²) in [6.07, 6.45) is 4.31. The molecule has 0 amide bonds. The fraction of sp³-hybridized carbons (Fsp3) is 0.444. The van der Waals surface area contributed by atoms with E-state index in [4.69, 9.17) is 26.1 Å². The van der Waals surface area contributed by atoms with E-state index >= 15 is 0 Å². The molecule has 1 aliphatic carbocycles. The number of nitrogens with one attached hydrogen (secondary N) is 3. The number of piperazine rings is 1. The molecule has 3 aromatic rings. The van der Waals surface area contributed by atoms with Gasteiger partial charge in [0.1, 0.15) is 17.4 Å². The second-order valence-electron chi connectivity index (χ2n) is 9.70. The number of ether oxygens (including phenoxy) is 2. The van der Waals surface area contributed by atoms with Crippen LogP contribution in [0, 0.1) is 6.92 Å². The average molecular weight is 539 g/mol. The number of halogens is 1. The molecular formula is C27H35ClN8O2. The van der Waals surface area contributed by atoms with Crippen LogP contribution in [-0.2, 0) is 4.74 Å². The van der Waals surface area contributed by atoms with Gasteiger partial charge in [-0.2, -0.15) is 5.10 Å². The zero-order chi connectivity index (χ0) is 26.5. The summed E-state index contributed by atoms with van der Waals surface area (Å²) in [4.78, 5) is 16.9. The van der Waals surface area contributed by atoms with E-state index in [9.17, 15) is 0 Å². The normalized spacial score (nSPS) is 17.3. The summed E-state index contributed by atoms with van der Waals surface area (Å²) < 4.78 is 11.3. The number of H-pyrrole nitrogens is 2. The highest BCUT2D eigenvalue weighted by Gasteiger charge is 2.25. The number of amidine groups is 1. The number of aliphatic imine (C=N–C) groups is 2. The summed E-state index contributed by atoms with van der Waals surface area (Å²) in [5.41, 5.74) is 3.18. The quantitative estimate of drug-likeness (QED) is 0.247. The van der Waals surface area contributed by atoms with Gasteiger partial charge in [0.05, 0.1) is 11.6 Å². The van der Waals surface area contributed by atoms with Gasteiger partial charge in [0, 0.05) is 80.2 Å². The molecule has 202 valence electrons. The van der Waals surface area contributed by atoms with Crippen LogP contribution in [0.5, 0.6) is 5.75 Å². The Morgan fingerprint density at radius 2 is 2.08 bits per heavy atom. The second-order valence-corrected chi connectivity index (χ2v) is 10.1. The molecule has 1 aliphatic heterocycles. The van der Waals surface area contributed by atoms with Crippen LogP contribution in [0.4, 0.5) is 5.82 Å². The molecule has 1 saturated carbocycles. The smallest absolute Gasteiger partial charge is 0.181 e. The van der Waals surface area contributed by atoms with Gasteiger partial charge in [0.2, 0.25) is 0 Å². The largest absolute Gasteiger partial charge is 0.470 e. The van der Waals surface area contributed by atoms with E-state index in [0.717, 1.165) is 67.5 Å². The third-order valence-corrected chi connectivity index (χ3v) is 7.29. The second kappa shape index (κ2) is 12.0. The van der Waals surface area contributed by atoms with Crippen LogP contribution in [0.25, 0.3) is 10.9 Å². The van der Waals surface area contributed by atoms with Crippen LogP contribution < -0.4 is 10.1 Å². The van der Waals surface area contributed by atoms with E-state index in [-0.39, 0.29) is 6.73 Å². The first-order valence-electron chi connectivity index (χ1n) is 13.0. The van der Waals surface area contributed by atoms with Crippen molar-refractivity contribution >= 4 is 40.9 Å². The molecule has 10 nitrogen and oxygen atoms in total. The molecule has 0 bridgehead atoms. The van der Waals surface area contributed by atoms with Crippen LogP contribution in [-0.4, -0.2) is 90.7 Å². The Morgan fingerprint density at radius 3 is 2.82 bits per heavy atom. The van der Waals surface area contributed by atoms with Gasteiger partial charge in [0.15, 0.2) is 12.5 Å². The molecule has 0 atom stereocenters. The molecule has 3 heterocycles. The van der Waals surface area contributed by atoms with Gasteiger partial charge >= 0.3 is 0 Å². The van der Waals surface area contributed by atoms with Gasteiger partial charge in [-0.05, 0) is 44.7 Å². The first-order valence-corrected chi connectivity index (χ1v) is 13.3. The van der Waals surface area contributed by atoms with Crippen LogP contribution in [0.2, 0.25) is 5.02 Å². The van der Waals surface area contributed by atoms with E-state index in [1.54, 1.807) is 7.11 Å². The number of aromatic nitrogens is 3. The first kappa shape index (κ1) is 26.3. The average Bonchev–Trinajstić information content (AvgIpc) is 3.55. The summed E-state index contributed by atoms with van der Waals surface area (Å²) in [5.74, 6) is 3.24. The zero-order valence-corrected chi connectivity index (χ0v) is 22.7. The SMILES string of the molecule is C=N/C(=C\C(=N/COc1ccc2[nH]c(C)cc2c1Cl)N1CCN(CCOC)CC1)Nc1cc(C2CC2)[nH]n1. The van der Waals surface area contributed by atoms with Gasteiger partial charge < -0.3 is 24.7 Å². The van der Waals surface area contributed by atoms with Gasteiger partial charge in [-0.25, -0.2) is 9.98 Å². The molecule has 3 N–H and O–H groups in total. The van der Waals surface area contributed by atoms with E-state index in [2.05, 4.69) is 42.0 Å². The Bertz CT molecular complexity index is 1320. The monoisotopic (exact) mass is 538 g/mol.